The van der Waals surface area contributed by atoms with Crippen LogP contribution in [-0.2, 0) is 0 Å². The Morgan fingerprint density at radius 3 is 2.79 bits per heavy atom. The molecule has 0 saturated carbocycles. The summed E-state index contributed by atoms with van der Waals surface area (Å²) in [5, 5.41) is 0.761. The monoisotopic (exact) mass is 188 g/mol. The lowest BCUT2D eigenvalue weighted by Gasteiger charge is -1.97. The summed E-state index contributed by atoms with van der Waals surface area (Å²) in [5.74, 6) is 0. The second kappa shape index (κ2) is 3.10. The number of carbonyl (C=O) groups is 1. The van der Waals surface area contributed by atoms with Crippen LogP contribution in [0.4, 0.5) is 0 Å². The summed E-state index contributed by atoms with van der Waals surface area (Å²) >= 11 is 0. The molecule has 0 unspecified atom stereocenters. The van der Waals surface area contributed by atoms with Crippen molar-refractivity contribution in [1.29, 1.82) is 0 Å². The molecule has 0 aliphatic carbocycles. The Morgan fingerprint density at radius 1 is 1.29 bits per heavy atom. The average Bonchev–Trinajstić information content (AvgIpc) is 2.16. The van der Waals surface area contributed by atoms with Crippen LogP contribution in [0.25, 0.3) is 11.0 Å². The molecule has 0 aliphatic heterocycles. The lowest BCUT2D eigenvalue weighted by atomic mass is 10.1. The second-order valence-electron chi connectivity index (χ2n) is 3.15. The van der Waals surface area contributed by atoms with Gasteiger partial charge in [0.05, 0.1) is 0 Å². The van der Waals surface area contributed by atoms with Crippen molar-refractivity contribution >= 4 is 17.3 Å². The van der Waals surface area contributed by atoms with Crippen LogP contribution in [-0.4, -0.2) is 6.29 Å². The van der Waals surface area contributed by atoms with E-state index in [2.05, 4.69) is 0 Å². The summed E-state index contributed by atoms with van der Waals surface area (Å²) in [4.78, 5) is 21.7. The zero-order valence-corrected chi connectivity index (χ0v) is 7.61. The minimum Gasteiger partial charge on any atom is -0.422 e. The van der Waals surface area contributed by atoms with Crippen molar-refractivity contribution in [3.63, 3.8) is 0 Å². The average molecular weight is 188 g/mol. The summed E-state index contributed by atoms with van der Waals surface area (Å²) in [6.45, 7) is 1.91. The summed E-state index contributed by atoms with van der Waals surface area (Å²) in [6, 6.07) is 7.02. The van der Waals surface area contributed by atoms with Crippen molar-refractivity contribution < 1.29 is 9.21 Å². The molecule has 3 nitrogen and oxygen atoms in total. The van der Waals surface area contributed by atoms with E-state index in [1.165, 1.54) is 6.07 Å². The van der Waals surface area contributed by atoms with Gasteiger partial charge in [-0.3, -0.25) is 4.79 Å². The van der Waals surface area contributed by atoms with Crippen molar-refractivity contribution in [3.05, 3.63) is 45.8 Å². The topological polar surface area (TPSA) is 47.3 Å². The number of benzene rings is 1. The smallest absolute Gasteiger partial charge is 0.346 e. The molecule has 2 aromatic rings. The van der Waals surface area contributed by atoms with Crippen molar-refractivity contribution in [2.24, 2.45) is 0 Å². The predicted molar refractivity (Wildman–Crippen MR) is 52.6 cm³/mol. The first-order chi connectivity index (χ1) is 6.70. The molecule has 70 valence electrons. The lowest BCUT2D eigenvalue weighted by Crippen LogP contribution is -2.05. The SMILES string of the molecule is Cc1ccc2cc(C=O)c(=O)oc2c1. The number of rotatable bonds is 1. The van der Waals surface area contributed by atoms with Crippen LogP contribution in [0.1, 0.15) is 15.9 Å². The number of aldehydes is 1. The van der Waals surface area contributed by atoms with Crippen molar-refractivity contribution in [2.45, 2.75) is 6.92 Å². The van der Waals surface area contributed by atoms with Crippen molar-refractivity contribution in [1.82, 2.24) is 0 Å². The van der Waals surface area contributed by atoms with Crippen LogP contribution in [0.15, 0.2) is 33.5 Å². The first-order valence-electron chi connectivity index (χ1n) is 4.20. The molecular weight excluding hydrogens is 180 g/mol. The highest BCUT2D eigenvalue weighted by molar-refractivity contribution is 5.84. The van der Waals surface area contributed by atoms with Crippen LogP contribution in [0, 0.1) is 6.92 Å². The van der Waals surface area contributed by atoms with Gasteiger partial charge in [-0.15, -0.1) is 0 Å². The summed E-state index contributed by atoms with van der Waals surface area (Å²) in [5.41, 5.74) is 1.000. The maximum absolute atomic E-state index is 11.2. The molecule has 0 saturated heterocycles. The lowest BCUT2D eigenvalue weighted by molar-refractivity contribution is 0.112. The third kappa shape index (κ3) is 1.33. The van der Waals surface area contributed by atoms with Gasteiger partial charge in [0, 0.05) is 5.39 Å². The molecule has 1 aromatic carbocycles. The van der Waals surface area contributed by atoms with Crippen LogP contribution >= 0.6 is 0 Å². The van der Waals surface area contributed by atoms with E-state index in [0.717, 1.165) is 10.9 Å². The molecule has 0 radical (unpaired) electrons. The number of hydrogen-bond donors (Lipinski definition) is 0. The van der Waals surface area contributed by atoms with E-state index in [0.29, 0.717) is 11.9 Å². The highest BCUT2D eigenvalue weighted by Gasteiger charge is 2.03. The number of fused-ring (bicyclic) bond motifs is 1. The Labute approximate surface area is 80.0 Å². The Balaban J connectivity index is 2.86. The summed E-state index contributed by atoms with van der Waals surface area (Å²) < 4.78 is 4.98. The Hall–Kier alpha value is -1.90. The number of carbonyl (C=O) groups excluding carboxylic acids is 1. The molecule has 2 rings (SSSR count). The highest BCUT2D eigenvalue weighted by atomic mass is 16.4. The standard InChI is InChI=1S/C11H8O3/c1-7-2-3-8-5-9(6-12)11(13)14-10(8)4-7/h2-6H,1H3. The highest BCUT2D eigenvalue weighted by Crippen LogP contribution is 2.14. The van der Waals surface area contributed by atoms with E-state index in [1.807, 2.05) is 19.1 Å². The molecule has 0 bridgehead atoms. The van der Waals surface area contributed by atoms with Gasteiger partial charge < -0.3 is 4.42 Å². The molecule has 0 spiro atoms. The molecule has 1 heterocycles. The van der Waals surface area contributed by atoms with Gasteiger partial charge >= 0.3 is 5.63 Å². The number of aryl methyl sites for hydroxylation is 1. The van der Waals surface area contributed by atoms with Gasteiger partial charge in [0.2, 0.25) is 0 Å². The van der Waals surface area contributed by atoms with E-state index in [1.54, 1.807) is 6.07 Å². The van der Waals surface area contributed by atoms with E-state index in [4.69, 9.17) is 4.42 Å². The largest absolute Gasteiger partial charge is 0.422 e. The molecule has 0 fully saturated rings. The van der Waals surface area contributed by atoms with Crippen molar-refractivity contribution in [3.8, 4) is 0 Å². The second-order valence-corrected chi connectivity index (χ2v) is 3.15. The van der Waals surface area contributed by atoms with Gasteiger partial charge in [-0.25, -0.2) is 4.79 Å². The van der Waals surface area contributed by atoms with Gasteiger partial charge in [-0.1, -0.05) is 12.1 Å². The number of hydrogen-bond acceptors (Lipinski definition) is 3. The van der Waals surface area contributed by atoms with Gasteiger partial charge in [-0.2, -0.15) is 0 Å². The normalized spacial score (nSPS) is 10.4. The fraction of sp³-hybridized carbons (Fsp3) is 0.0909. The van der Waals surface area contributed by atoms with E-state index in [-0.39, 0.29) is 5.56 Å². The zero-order chi connectivity index (χ0) is 10.1. The van der Waals surface area contributed by atoms with Crippen LogP contribution in [0.5, 0.6) is 0 Å². The first-order valence-corrected chi connectivity index (χ1v) is 4.20. The quantitative estimate of drug-likeness (QED) is 0.507. The molecule has 3 heteroatoms. The Kier molecular flexibility index (Phi) is 1.93. The van der Waals surface area contributed by atoms with Crippen LogP contribution < -0.4 is 5.63 Å². The molecule has 0 aliphatic rings. The summed E-state index contributed by atoms with van der Waals surface area (Å²) in [6.07, 6.45) is 0.505. The van der Waals surface area contributed by atoms with Gasteiger partial charge in [-0.05, 0) is 24.6 Å². The van der Waals surface area contributed by atoms with Crippen molar-refractivity contribution in [2.75, 3.05) is 0 Å². The minimum absolute atomic E-state index is 0.0568. The predicted octanol–water partition coefficient (Wildman–Crippen LogP) is 1.91. The van der Waals surface area contributed by atoms with E-state index in [9.17, 15) is 9.59 Å². The van der Waals surface area contributed by atoms with Gasteiger partial charge in [0.25, 0.3) is 0 Å². The molecule has 1 aromatic heterocycles. The van der Waals surface area contributed by atoms with E-state index < -0.39 is 5.63 Å². The fourth-order valence-electron chi connectivity index (χ4n) is 1.32. The third-order valence-electron chi connectivity index (χ3n) is 2.05. The molecular formula is C11H8O3. The molecule has 0 atom stereocenters. The van der Waals surface area contributed by atoms with Crippen LogP contribution in [0.3, 0.4) is 0 Å². The van der Waals surface area contributed by atoms with E-state index >= 15 is 0 Å². The molecule has 14 heavy (non-hydrogen) atoms. The van der Waals surface area contributed by atoms with Crippen LogP contribution in [0.2, 0.25) is 0 Å². The molecule has 0 N–H and O–H groups in total. The Morgan fingerprint density at radius 2 is 2.07 bits per heavy atom. The maximum atomic E-state index is 11.2. The zero-order valence-electron chi connectivity index (χ0n) is 7.61. The Bertz CT molecular complexity index is 552. The third-order valence-corrected chi connectivity index (χ3v) is 2.05. The maximum Gasteiger partial charge on any atom is 0.346 e. The van der Waals surface area contributed by atoms with Gasteiger partial charge in [0.15, 0.2) is 6.29 Å². The summed E-state index contributed by atoms with van der Waals surface area (Å²) in [7, 11) is 0. The molecule has 0 amide bonds. The fourth-order valence-corrected chi connectivity index (χ4v) is 1.32. The van der Waals surface area contributed by atoms with Gasteiger partial charge in [0.1, 0.15) is 11.1 Å². The minimum atomic E-state index is -0.585. The first kappa shape index (κ1) is 8.69.